The van der Waals surface area contributed by atoms with E-state index in [9.17, 15) is 19.2 Å². The van der Waals surface area contributed by atoms with Crippen molar-refractivity contribution in [3.63, 3.8) is 0 Å². The Morgan fingerprint density at radius 1 is 1.25 bits per heavy atom. The predicted molar refractivity (Wildman–Crippen MR) is 118 cm³/mol. The van der Waals surface area contributed by atoms with Gasteiger partial charge in [0.2, 0.25) is 5.91 Å². The molecule has 0 aliphatic rings. The third kappa shape index (κ3) is 8.08. The van der Waals surface area contributed by atoms with E-state index in [-0.39, 0.29) is 23.7 Å². The van der Waals surface area contributed by atoms with Gasteiger partial charge in [-0.1, -0.05) is 12.1 Å². The van der Waals surface area contributed by atoms with E-state index in [1.807, 2.05) is 0 Å². The molecule has 1 aromatic carbocycles. The highest BCUT2D eigenvalue weighted by Gasteiger charge is 2.26. The molecule has 0 spiro atoms. The zero-order chi connectivity index (χ0) is 23.9. The number of carboxylic acids is 1. The Bertz CT molecular complexity index is 998. The molecule has 1 unspecified atom stereocenters. The number of anilines is 1. The number of rotatable bonds is 9. The average molecular weight is 463 g/mol. The Kier molecular flexibility index (Phi) is 8.44. The van der Waals surface area contributed by atoms with Gasteiger partial charge < -0.3 is 26.2 Å². The first-order valence-corrected chi connectivity index (χ1v) is 10.6. The molecule has 2 rings (SSSR count). The minimum Gasteiger partial charge on any atom is -0.481 e. The SMILES string of the molecule is CC(C)(C)OC(=O)C(N)c1nc(C(=O)NCC(=O)Nc2cccc(CCC(=O)O)c2)cs1. The molecule has 0 aliphatic carbocycles. The number of aromatic nitrogens is 1. The second-order valence-corrected chi connectivity index (χ2v) is 8.80. The highest BCUT2D eigenvalue weighted by Crippen LogP contribution is 2.20. The molecule has 0 bridgehead atoms. The zero-order valence-electron chi connectivity index (χ0n) is 18.0. The summed E-state index contributed by atoms with van der Waals surface area (Å²) in [7, 11) is 0. The minimum atomic E-state index is -1.11. The molecule has 10 nitrogen and oxygen atoms in total. The van der Waals surface area contributed by atoms with Crippen LogP contribution in [-0.4, -0.2) is 46.0 Å². The molecular weight excluding hydrogens is 436 g/mol. The second-order valence-electron chi connectivity index (χ2n) is 7.91. The number of aliphatic carboxylic acids is 1. The van der Waals surface area contributed by atoms with E-state index in [1.165, 1.54) is 5.38 Å². The van der Waals surface area contributed by atoms with Crippen LogP contribution in [-0.2, 0) is 25.5 Å². The Hall–Kier alpha value is -3.31. The van der Waals surface area contributed by atoms with E-state index in [1.54, 1.807) is 45.0 Å². The minimum absolute atomic E-state index is 0.0132. The Balaban J connectivity index is 1.88. The number of nitrogens with zero attached hydrogens (tertiary/aromatic N) is 1. The van der Waals surface area contributed by atoms with E-state index in [0.29, 0.717) is 12.1 Å². The number of carbonyl (C=O) groups is 4. The fourth-order valence-corrected chi connectivity index (χ4v) is 3.30. The molecule has 1 heterocycles. The molecule has 11 heteroatoms. The molecule has 1 aromatic heterocycles. The molecule has 0 saturated carbocycles. The lowest BCUT2D eigenvalue weighted by molar-refractivity contribution is -0.156. The molecule has 1 atom stereocenters. The molecule has 2 amide bonds. The third-order valence-corrected chi connectivity index (χ3v) is 4.86. The normalized spacial score (nSPS) is 12.0. The van der Waals surface area contributed by atoms with Crippen molar-refractivity contribution in [2.75, 3.05) is 11.9 Å². The number of ether oxygens (including phenoxy) is 1. The van der Waals surface area contributed by atoms with Crippen LogP contribution in [0, 0.1) is 0 Å². The third-order valence-electron chi connectivity index (χ3n) is 3.93. The summed E-state index contributed by atoms with van der Waals surface area (Å²) in [5, 5.41) is 15.5. The molecule has 32 heavy (non-hydrogen) atoms. The van der Waals surface area contributed by atoms with Crippen molar-refractivity contribution in [3.05, 3.63) is 45.9 Å². The number of carboxylic acid groups (broad SMARTS) is 1. The number of hydrogen-bond donors (Lipinski definition) is 4. The first-order chi connectivity index (χ1) is 14.9. The summed E-state index contributed by atoms with van der Waals surface area (Å²) in [6, 6.07) is 5.69. The Morgan fingerprint density at radius 2 is 1.97 bits per heavy atom. The molecule has 2 aromatic rings. The number of hydrogen-bond acceptors (Lipinski definition) is 8. The van der Waals surface area contributed by atoms with Crippen LogP contribution in [0.2, 0.25) is 0 Å². The summed E-state index contributed by atoms with van der Waals surface area (Å²) in [5.74, 6) is -2.60. The van der Waals surface area contributed by atoms with Crippen LogP contribution in [0.5, 0.6) is 0 Å². The lowest BCUT2D eigenvalue weighted by atomic mass is 10.1. The number of amides is 2. The van der Waals surface area contributed by atoms with Crippen LogP contribution < -0.4 is 16.4 Å². The van der Waals surface area contributed by atoms with Crippen molar-refractivity contribution in [1.82, 2.24) is 10.3 Å². The lowest BCUT2D eigenvalue weighted by Gasteiger charge is -2.21. The number of nitrogens with two attached hydrogens (primary N) is 1. The summed E-state index contributed by atoms with van der Waals surface area (Å²) in [6.07, 6.45) is 0.327. The van der Waals surface area contributed by atoms with Gasteiger partial charge in [-0.3, -0.25) is 14.4 Å². The highest BCUT2D eigenvalue weighted by atomic mass is 32.1. The second kappa shape index (κ2) is 10.8. The smallest absolute Gasteiger partial charge is 0.330 e. The van der Waals surface area contributed by atoms with E-state index >= 15 is 0 Å². The van der Waals surface area contributed by atoms with Crippen molar-refractivity contribution in [3.8, 4) is 0 Å². The van der Waals surface area contributed by atoms with Crippen LogP contribution in [0.3, 0.4) is 0 Å². The largest absolute Gasteiger partial charge is 0.481 e. The predicted octanol–water partition coefficient (Wildman–Crippen LogP) is 1.87. The lowest BCUT2D eigenvalue weighted by Crippen LogP contribution is -2.33. The maximum Gasteiger partial charge on any atom is 0.330 e. The average Bonchev–Trinajstić information content (AvgIpc) is 3.19. The highest BCUT2D eigenvalue weighted by molar-refractivity contribution is 7.10. The van der Waals surface area contributed by atoms with Crippen molar-refractivity contribution < 1.29 is 29.0 Å². The Labute approximate surface area is 189 Å². The molecule has 0 saturated heterocycles. The van der Waals surface area contributed by atoms with Crippen molar-refractivity contribution in [2.24, 2.45) is 5.73 Å². The van der Waals surface area contributed by atoms with E-state index in [4.69, 9.17) is 15.6 Å². The quantitative estimate of drug-likeness (QED) is 0.411. The van der Waals surface area contributed by atoms with E-state index < -0.39 is 35.4 Å². The maximum atomic E-state index is 12.3. The summed E-state index contributed by atoms with van der Waals surface area (Å²) < 4.78 is 5.21. The van der Waals surface area contributed by atoms with Crippen LogP contribution in [0.4, 0.5) is 5.69 Å². The van der Waals surface area contributed by atoms with Crippen LogP contribution in [0.15, 0.2) is 29.6 Å². The van der Waals surface area contributed by atoms with Gasteiger partial charge in [-0.2, -0.15) is 0 Å². The molecule has 0 aliphatic heterocycles. The molecule has 0 fully saturated rings. The molecule has 0 radical (unpaired) electrons. The monoisotopic (exact) mass is 462 g/mol. The molecule has 5 N–H and O–H groups in total. The van der Waals surface area contributed by atoms with Gasteiger partial charge in [-0.15, -0.1) is 11.3 Å². The number of nitrogens with one attached hydrogen (secondary N) is 2. The molecule has 172 valence electrons. The fourth-order valence-electron chi connectivity index (χ4n) is 2.51. The van der Waals surface area contributed by atoms with Gasteiger partial charge >= 0.3 is 11.9 Å². The number of thiazole rings is 1. The van der Waals surface area contributed by atoms with Crippen LogP contribution >= 0.6 is 11.3 Å². The summed E-state index contributed by atoms with van der Waals surface area (Å²) in [6.45, 7) is 4.85. The van der Waals surface area contributed by atoms with Gasteiger partial charge in [0.15, 0.2) is 6.04 Å². The Morgan fingerprint density at radius 3 is 2.62 bits per heavy atom. The number of aryl methyl sites for hydroxylation is 1. The van der Waals surface area contributed by atoms with Crippen molar-refractivity contribution >= 4 is 40.8 Å². The molecular formula is C21H26N4O6S. The van der Waals surface area contributed by atoms with Gasteiger partial charge in [-0.25, -0.2) is 9.78 Å². The number of carbonyl (C=O) groups excluding carboxylic acids is 3. The van der Waals surface area contributed by atoms with Crippen molar-refractivity contribution in [1.29, 1.82) is 0 Å². The fraction of sp³-hybridized carbons (Fsp3) is 0.381. The number of esters is 1. The number of benzene rings is 1. The topological polar surface area (TPSA) is 161 Å². The zero-order valence-corrected chi connectivity index (χ0v) is 18.8. The van der Waals surface area contributed by atoms with Gasteiger partial charge in [0.25, 0.3) is 5.91 Å². The van der Waals surface area contributed by atoms with Crippen molar-refractivity contribution in [2.45, 2.75) is 45.3 Å². The van der Waals surface area contributed by atoms with Gasteiger partial charge in [-0.05, 0) is 44.9 Å². The summed E-state index contributed by atoms with van der Waals surface area (Å²) in [4.78, 5) is 51.2. The van der Waals surface area contributed by atoms with E-state index in [2.05, 4.69) is 15.6 Å². The van der Waals surface area contributed by atoms with Crippen LogP contribution in [0.1, 0.15) is 54.3 Å². The standard InChI is InChI=1S/C21H26N4O6S/c1-21(2,3)31-20(30)17(22)19-25-14(11-32-19)18(29)23-10-15(26)24-13-6-4-5-12(9-13)7-8-16(27)28/h4-6,9,11,17H,7-8,10,22H2,1-3H3,(H,23,29)(H,24,26)(H,27,28). The van der Waals surface area contributed by atoms with Gasteiger partial charge in [0.1, 0.15) is 16.3 Å². The maximum absolute atomic E-state index is 12.3. The first-order valence-electron chi connectivity index (χ1n) is 9.77. The van der Waals surface area contributed by atoms with Crippen LogP contribution in [0.25, 0.3) is 0 Å². The van der Waals surface area contributed by atoms with Gasteiger partial charge in [0, 0.05) is 17.5 Å². The van der Waals surface area contributed by atoms with Gasteiger partial charge in [0.05, 0.1) is 6.54 Å². The summed E-state index contributed by atoms with van der Waals surface area (Å²) in [5.41, 5.74) is 6.46. The first kappa shape index (κ1) is 25.0. The summed E-state index contributed by atoms with van der Waals surface area (Å²) >= 11 is 1.05. The van der Waals surface area contributed by atoms with E-state index in [0.717, 1.165) is 16.9 Å².